The van der Waals surface area contributed by atoms with Crippen molar-refractivity contribution in [3.05, 3.63) is 35.9 Å². The highest BCUT2D eigenvalue weighted by Gasteiger charge is 2.12. The lowest BCUT2D eigenvalue weighted by molar-refractivity contribution is 0.283. The summed E-state index contributed by atoms with van der Waals surface area (Å²) < 4.78 is 0. The molecule has 0 aromatic heterocycles. The van der Waals surface area contributed by atoms with Gasteiger partial charge in [0.05, 0.1) is 0 Å². The number of thiol groups is 1. The highest BCUT2D eigenvalue weighted by Crippen LogP contribution is 2.22. The molecule has 0 N–H and O–H groups in total. The second-order valence-electron chi connectivity index (χ2n) is 3.76. The highest BCUT2D eigenvalue weighted by molar-refractivity contribution is 7.80. The summed E-state index contributed by atoms with van der Waals surface area (Å²) in [6, 6.07) is 11.2. The Kier molecular flexibility index (Phi) is 5.05. The van der Waals surface area contributed by atoms with Crippen LogP contribution in [0.25, 0.3) is 0 Å². The molecule has 0 heterocycles. The Bertz CT molecular complexity index is 246. The van der Waals surface area contributed by atoms with Crippen LogP contribution in [-0.2, 0) is 0 Å². The minimum Gasteiger partial charge on any atom is -0.302 e. The van der Waals surface area contributed by atoms with E-state index in [1.807, 2.05) is 0 Å². The summed E-state index contributed by atoms with van der Waals surface area (Å²) in [5.41, 5.74) is 1.40. The number of hydrogen-bond acceptors (Lipinski definition) is 2. The normalized spacial score (nSPS) is 13.1. The standard InChI is InChI=1S/C12H19NS/c1-13(2)12(9-6-10-14)11-7-4-3-5-8-11/h3-5,7-8,12,14H,6,9-10H2,1-2H3. The predicted molar refractivity (Wildman–Crippen MR) is 66.0 cm³/mol. The highest BCUT2D eigenvalue weighted by atomic mass is 32.1. The van der Waals surface area contributed by atoms with Crippen molar-refractivity contribution in [3.8, 4) is 0 Å². The second-order valence-corrected chi connectivity index (χ2v) is 4.20. The zero-order chi connectivity index (χ0) is 10.4. The maximum Gasteiger partial charge on any atom is 0.0342 e. The second kappa shape index (κ2) is 6.10. The van der Waals surface area contributed by atoms with Gasteiger partial charge in [-0.2, -0.15) is 12.6 Å². The smallest absolute Gasteiger partial charge is 0.0342 e. The van der Waals surface area contributed by atoms with E-state index in [1.54, 1.807) is 0 Å². The molecule has 14 heavy (non-hydrogen) atoms. The first-order chi connectivity index (χ1) is 6.75. The van der Waals surface area contributed by atoms with E-state index in [9.17, 15) is 0 Å². The lowest BCUT2D eigenvalue weighted by atomic mass is 10.0. The van der Waals surface area contributed by atoms with Crippen molar-refractivity contribution in [3.63, 3.8) is 0 Å². The largest absolute Gasteiger partial charge is 0.302 e. The fourth-order valence-corrected chi connectivity index (χ4v) is 1.87. The topological polar surface area (TPSA) is 3.24 Å². The van der Waals surface area contributed by atoms with Crippen LogP contribution in [0, 0.1) is 0 Å². The van der Waals surface area contributed by atoms with Gasteiger partial charge in [-0.1, -0.05) is 30.3 Å². The van der Waals surface area contributed by atoms with Crippen molar-refractivity contribution < 1.29 is 0 Å². The third-order valence-corrected chi connectivity index (χ3v) is 2.76. The van der Waals surface area contributed by atoms with Crippen molar-refractivity contribution in [2.45, 2.75) is 18.9 Å². The van der Waals surface area contributed by atoms with Gasteiger partial charge in [0.15, 0.2) is 0 Å². The molecule has 0 aliphatic rings. The van der Waals surface area contributed by atoms with Gasteiger partial charge in [-0.15, -0.1) is 0 Å². The molecule has 0 saturated carbocycles. The molecule has 0 radical (unpaired) electrons. The zero-order valence-electron chi connectivity index (χ0n) is 8.98. The van der Waals surface area contributed by atoms with E-state index >= 15 is 0 Å². The molecule has 1 nitrogen and oxygen atoms in total. The minimum absolute atomic E-state index is 0.531. The van der Waals surface area contributed by atoms with Crippen LogP contribution < -0.4 is 0 Å². The van der Waals surface area contributed by atoms with Crippen LogP contribution in [0.4, 0.5) is 0 Å². The average Bonchev–Trinajstić information content (AvgIpc) is 2.19. The zero-order valence-corrected chi connectivity index (χ0v) is 9.87. The molecule has 0 bridgehead atoms. The Morgan fingerprint density at radius 1 is 1.21 bits per heavy atom. The summed E-state index contributed by atoms with van der Waals surface area (Å²) in [6.07, 6.45) is 2.35. The van der Waals surface area contributed by atoms with E-state index in [-0.39, 0.29) is 0 Å². The molecule has 1 unspecified atom stereocenters. The van der Waals surface area contributed by atoms with Crippen LogP contribution in [0.5, 0.6) is 0 Å². The van der Waals surface area contributed by atoms with Crippen LogP contribution in [0.3, 0.4) is 0 Å². The first kappa shape index (κ1) is 11.6. The van der Waals surface area contributed by atoms with E-state index in [0.717, 1.165) is 5.75 Å². The van der Waals surface area contributed by atoms with Gasteiger partial charge in [-0.3, -0.25) is 0 Å². The molecule has 1 atom stereocenters. The lowest BCUT2D eigenvalue weighted by Gasteiger charge is -2.24. The first-order valence-electron chi connectivity index (χ1n) is 5.08. The van der Waals surface area contributed by atoms with Crippen molar-refractivity contribution in [1.29, 1.82) is 0 Å². The van der Waals surface area contributed by atoms with E-state index in [2.05, 4.69) is 62.0 Å². The van der Waals surface area contributed by atoms with Crippen LogP contribution >= 0.6 is 12.6 Å². The minimum atomic E-state index is 0.531. The van der Waals surface area contributed by atoms with Crippen LogP contribution in [0.2, 0.25) is 0 Å². The Hall–Kier alpha value is -0.470. The van der Waals surface area contributed by atoms with E-state index < -0.39 is 0 Å². The van der Waals surface area contributed by atoms with Gasteiger partial charge in [0.1, 0.15) is 0 Å². The van der Waals surface area contributed by atoms with Crippen molar-refractivity contribution in [2.75, 3.05) is 19.8 Å². The summed E-state index contributed by atoms with van der Waals surface area (Å²) in [5, 5.41) is 0. The number of rotatable bonds is 5. The van der Waals surface area contributed by atoms with Crippen molar-refractivity contribution in [1.82, 2.24) is 4.90 Å². The molecular formula is C12H19NS. The number of benzene rings is 1. The Morgan fingerprint density at radius 3 is 2.36 bits per heavy atom. The molecule has 0 saturated heterocycles. The summed E-state index contributed by atoms with van der Waals surface area (Å²) in [4.78, 5) is 2.28. The maximum absolute atomic E-state index is 4.26. The molecule has 0 fully saturated rings. The van der Waals surface area contributed by atoms with Gasteiger partial charge in [-0.25, -0.2) is 0 Å². The van der Waals surface area contributed by atoms with E-state index in [0.29, 0.717) is 6.04 Å². The van der Waals surface area contributed by atoms with Gasteiger partial charge in [0.25, 0.3) is 0 Å². The fraction of sp³-hybridized carbons (Fsp3) is 0.500. The van der Waals surface area contributed by atoms with E-state index in [4.69, 9.17) is 0 Å². The first-order valence-corrected chi connectivity index (χ1v) is 5.71. The predicted octanol–water partition coefficient (Wildman–Crippen LogP) is 3.00. The fourth-order valence-electron chi connectivity index (χ4n) is 1.68. The molecule has 0 amide bonds. The van der Waals surface area contributed by atoms with Gasteiger partial charge in [-0.05, 0) is 38.3 Å². The van der Waals surface area contributed by atoms with E-state index in [1.165, 1.54) is 18.4 Å². The summed E-state index contributed by atoms with van der Waals surface area (Å²) in [5.74, 6) is 0.969. The molecule has 1 aromatic carbocycles. The summed E-state index contributed by atoms with van der Waals surface area (Å²) >= 11 is 4.26. The molecule has 1 rings (SSSR count). The molecule has 78 valence electrons. The Balaban J connectivity index is 2.68. The van der Waals surface area contributed by atoms with Crippen molar-refractivity contribution in [2.24, 2.45) is 0 Å². The van der Waals surface area contributed by atoms with Crippen LogP contribution in [-0.4, -0.2) is 24.7 Å². The molecule has 0 aliphatic heterocycles. The monoisotopic (exact) mass is 209 g/mol. The molecular weight excluding hydrogens is 190 g/mol. The number of hydrogen-bond donors (Lipinski definition) is 1. The maximum atomic E-state index is 4.26. The van der Waals surface area contributed by atoms with Gasteiger partial charge < -0.3 is 4.90 Å². The molecule has 0 aliphatic carbocycles. The lowest BCUT2D eigenvalue weighted by Crippen LogP contribution is -2.19. The third kappa shape index (κ3) is 3.35. The van der Waals surface area contributed by atoms with Gasteiger partial charge in [0, 0.05) is 6.04 Å². The Morgan fingerprint density at radius 2 is 1.86 bits per heavy atom. The summed E-state index contributed by atoms with van der Waals surface area (Å²) in [7, 11) is 4.27. The third-order valence-electron chi connectivity index (χ3n) is 2.44. The average molecular weight is 209 g/mol. The quantitative estimate of drug-likeness (QED) is 0.730. The van der Waals surface area contributed by atoms with Crippen LogP contribution in [0.15, 0.2) is 30.3 Å². The Labute approximate surface area is 92.5 Å². The number of nitrogens with zero attached hydrogens (tertiary/aromatic N) is 1. The van der Waals surface area contributed by atoms with Gasteiger partial charge in [0.2, 0.25) is 0 Å². The van der Waals surface area contributed by atoms with Crippen molar-refractivity contribution >= 4 is 12.6 Å². The van der Waals surface area contributed by atoms with Gasteiger partial charge >= 0.3 is 0 Å². The summed E-state index contributed by atoms with van der Waals surface area (Å²) in [6.45, 7) is 0. The SMILES string of the molecule is CN(C)C(CCCS)c1ccccc1. The molecule has 2 heteroatoms. The molecule has 1 aromatic rings. The van der Waals surface area contributed by atoms with Crippen LogP contribution in [0.1, 0.15) is 24.4 Å². The molecule has 0 spiro atoms.